The second-order valence-electron chi connectivity index (χ2n) is 7.38. The summed E-state index contributed by atoms with van der Waals surface area (Å²) in [4.78, 5) is 4.65. The van der Waals surface area contributed by atoms with Crippen molar-refractivity contribution >= 4 is 10.0 Å². The molecule has 28 heavy (non-hydrogen) atoms. The third-order valence-electron chi connectivity index (χ3n) is 5.35. The van der Waals surface area contributed by atoms with Gasteiger partial charge in [-0.05, 0) is 51.0 Å². The van der Waals surface area contributed by atoms with Crippen LogP contribution >= 0.6 is 0 Å². The molecule has 1 fully saturated rings. The van der Waals surface area contributed by atoms with Crippen molar-refractivity contribution in [2.24, 2.45) is 0 Å². The van der Waals surface area contributed by atoms with E-state index in [0.717, 1.165) is 30.4 Å². The van der Waals surface area contributed by atoms with E-state index in [2.05, 4.69) is 4.98 Å². The zero-order chi connectivity index (χ0) is 19.7. The molecule has 1 aliphatic heterocycles. The van der Waals surface area contributed by atoms with Gasteiger partial charge in [-0.15, -0.1) is 0 Å². The molecule has 0 spiro atoms. The van der Waals surface area contributed by atoms with Crippen molar-refractivity contribution in [2.75, 3.05) is 0 Å². The van der Waals surface area contributed by atoms with Crippen molar-refractivity contribution in [3.8, 4) is 22.8 Å². The van der Waals surface area contributed by atoms with Crippen LogP contribution in [0.2, 0.25) is 0 Å². The average molecular weight is 397 g/mol. The van der Waals surface area contributed by atoms with Crippen molar-refractivity contribution in [1.29, 1.82) is 0 Å². The molecule has 1 aliphatic rings. The molecule has 5 nitrogen and oxygen atoms in total. The molecule has 4 rings (SSSR count). The van der Waals surface area contributed by atoms with Crippen LogP contribution in [0.5, 0.6) is 0 Å². The topological polar surface area (TPSA) is 63.4 Å². The fourth-order valence-corrected chi connectivity index (χ4v) is 5.79. The third kappa shape index (κ3) is 3.50. The molecular formula is C22H24N2O3S. The van der Waals surface area contributed by atoms with Gasteiger partial charge in [0.05, 0.1) is 11.1 Å². The largest absolute Gasteiger partial charge is 0.436 e. The molecule has 146 valence electrons. The Morgan fingerprint density at radius 1 is 0.929 bits per heavy atom. The van der Waals surface area contributed by atoms with Gasteiger partial charge < -0.3 is 4.42 Å². The predicted octanol–water partition coefficient (Wildman–Crippen LogP) is 4.96. The van der Waals surface area contributed by atoms with E-state index in [1.165, 1.54) is 0 Å². The van der Waals surface area contributed by atoms with Crippen molar-refractivity contribution in [2.45, 2.75) is 50.1 Å². The number of hydrogen-bond donors (Lipinski definition) is 0. The Hall–Kier alpha value is -2.44. The standard InChI is InChI=1S/C22H24N2O3S/c1-16-7-6-8-17(2)24(16)28(25,26)20-13-11-19(12-14-20)22-23-15-21(27-22)18-9-4-3-5-10-18/h3-5,9-17H,6-8H2,1-2H3. The van der Waals surface area contributed by atoms with Crippen LogP contribution in [-0.2, 0) is 10.0 Å². The number of hydrogen-bond acceptors (Lipinski definition) is 4. The van der Waals surface area contributed by atoms with E-state index in [1.54, 1.807) is 34.8 Å². The van der Waals surface area contributed by atoms with Gasteiger partial charge in [-0.2, -0.15) is 4.31 Å². The maximum atomic E-state index is 13.1. The molecule has 1 saturated heterocycles. The molecule has 3 aromatic rings. The summed E-state index contributed by atoms with van der Waals surface area (Å²) in [6.45, 7) is 3.97. The SMILES string of the molecule is CC1CCCC(C)N1S(=O)(=O)c1ccc(-c2ncc(-c3ccccc3)o2)cc1. The van der Waals surface area contributed by atoms with Gasteiger partial charge in [0.2, 0.25) is 15.9 Å². The van der Waals surface area contributed by atoms with Gasteiger partial charge in [-0.25, -0.2) is 13.4 Å². The lowest BCUT2D eigenvalue weighted by Gasteiger charge is -2.37. The minimum absolute atomic E-state index is 0.0218. The molecule has 0 radical (unpaired) electrons. The summed E-state index contributed by atoms with van der Waals surface area (Å²) >= 11 is 0. The van der Waals surface area contributed by atoms with Gasteiger partial charge >= 0.3 is 0 Å². The Bertz CT molecular complexity index is 1030. The Balaban J connectivity index is 1.60. The normalized spacial score (nSPS) is 20.9. The van der Waals surface area contributed by atoms with Crippen molar-refractivity contribution in [3.63, 3.8) is 0 Å². The van der Waals surface area contributed by atoms with Gasteiger partial charge in [-0.3, -0.25) is 0 Å². The number of sulfonamides is 1. The number of oxazole rings is 1. The molecule has 0 saturated carbocycles. The number of piperidine rings is 1. The quantitative estimate of drug-likeness (QED) is 0.625. The number of nitrogens with zero attached hydrogens (tertiary/aromatic N) is 2. The molecule has 1 aromatic heterocycles. The Morgan fingerprint density at radius 3 is 2.21 bits per heavy atom. The van der Waals surface area contributed by atoms with E-state index in [-0.39, 0.29) is 12.1 Å². The monoisotopic (exact) mass is 396 g/mol. The lowest BCUT2D eigenvalue weighted by atomic mass is 10.0. The maximum Gasteiger partial charge on any atom is 0.243 e. The summed E-state index contributed by atoms with van der Waals surface area (Å²) in [5.74, 6) is 1.16. The smallest absolute Gasteiger partial charge is 0.243 e. The lowest BCUT2D eigenvalue weighted by molar-refractivity contribution is 0.204. The maximum absolute atomic E-state index is 13.1. The first-order chi connectivity index (χ1) is 13.5. The molecule has 6 heteroatoms. The highest BCUT2D eigenvalue weighted by Gasteiger charge is 2.35. The average Bonchev–Trinajstić information content (AvgIpc) is 3.19. The number of benzene rings is 2. The lowest BCUT2D eigenvalue weighted by Crippen LogP contribution is -2.47. The minimum Gasteiger partial charge on any atom is -0.436 e. The summed E-state index contributed by atoms with van der Waals surface area (Å²) in [6, 6.07) is 16.6. The van der Waals surface area contributed by atoms with E-state index in [4.69, 9.17) is 4.42 Å². The zero-order valence-corrected chi connectivity index (χ0v) is 16.9. The van der Waals surface area contributed by atoms with Crippen LogP contribution in [0.25, 0.3) is 22.8 Å². The second-order valence-corrected chi connectivity index (χ2v) is 9.23. The van der Waals surface area contributed by atoms with Crippen molar-refractivity contribution in [3.05, 3.63) is 60.8 Å². The summed E-state index contributed by atoms with van der Waals surface area (Å²) in [5, 5.41) is 0. The van der Waals surface area contributed by atoms with Gasteiger partial charge in [0.15, 0.2) is 5.76 Å². The van der Waals surface area contributed by atoms with Crippen LogP contribution in [0, 0.1) is 0 Å². The Morgan fingerprint density at radius 2 is 1.57 bits per heavy atom. The first-order valence-corrected chi connectivity index (χ1v) is 11.1. The van der Waals surface area contributed by atoms with E-state index < -0.39 is 10.0 Å². The molecule has 0 N–H and O–H groups in total. The zero-order valence-electron chi connectivity index (χ0n) is 16.1. The van der Waals surface area contributed by atoms with E-state index >= 15 is 0 Å². The summed E-state index contributed by atoms with van der Waals surface area (Å²) in [7, 11) is -3.51. The molecule has 2 aromatic carbocycles. The van der Waals surface area contributed by atoms with Crippen LogP contribution in [0.1, 0.15) is 33.1 Å². The van der Waals surface area contributed by atoms with Gasteiger partial charge in [0.25, 0.3) is 0 Å². The molecular weight excluding hydrogens is 372 g/mol. The van der Waals surface area contributed by atoms with Crippen molar-refractivity contribution in [1.82, 2.24) is 9.29 Å². The highest BCUT2D eigenvalue weighted by atomic mass is 32.2. The third-order valence-corrected chi connectivity index (χ3v) is 7.50. The van der Waals surface area contributed by atoms with Crippen LogP contribution in [0.4, 0.5) is 0 Å². The Kier molecular flexibility index (Phi) is 5.08. The fourth-order valence-electron chi connectivity index (χ4n) is 3.91. The van der Waals surface area contributed by atoms with E-state index in [1.807, 2.05) is 44.2 Å². The molecule has 2 heterocycles. The second kappa shape index (κ2) is 7.53. The van der Waals surface area contributed by atoms with Gasteiger partial charge in [0, 0.05) is 23.2 Å². The first kappa shape index (κ1) is 18.9. The van der Waals surface area contributed by atoms with Crippen molar-refractivity contribution < 1.29 is 12.8 Å². The summed E-state index contributed by atoms with van der Waals surface area (Å²) < 4.78 is 33.8. The molecule has 2 unspecified atom stereocenters. The molecule has 0 aliphatic carbocycles. The first-order valence-electron chi connectivity index (χ1n) is 9.62. The van der Waals surface area contributed by atoms with Gasteiger partial charge in [-0.1, -0.05) is 36.8 Å². The van der Waals surface area contributed by atoms with Crippen LogP contribution in [-0.4, -0.2) is 29.8 Å². The highest BCUT2D eigenvalue weighted by molar-refractivity contribution is 7.89. The molecule has 0 amide bonds. The predicted molar refractivity (Wildman–Crippen MR) is 109 cm³/mol. The number of aromatic nitrogens is 1. The van der Waals surface area contributed by atoms with E-state index in [0.29, 0.717) is 16.5 Å². The van der Waals surface area contributed by atoms with Crippen LogP contribution in [0.15, 0.2) is 70.1 Å². The van der Waals surface area contributed by atoms with E-state index in [9.17, 15) is 8.42 Å². The van der Waals surface area contributed by atoms with Crippen LogP contribution < -0.4 is 0 Å². The van der Waals surface area contributed by atoms with Crippen LogP contribution in [0.3, 0.4) is 0 Å². The fraction of sp³-hybridized carbons (Fsp3) is 0.318. The summed E-state index contributed by atoms with van der Waals surface area (Å²) in [5.41, 5.74) is 1.70. The molecule has 2 atom stereocenters. The summed E-state index contributed by atoms with van der Waals surface area (Å²) in [6.07, 6.45) is 4.56. The minimum atomic E-state index is -3.51. The van der Waals surface area contributed by atoms with Gasteiger partial charge in [0.1, 0.15) is 0 Å². The highest BCUT2D eigenvalue weighted by Crippen LogP contribution is 2.31. The Labute approximate surface area is 166 Å². The molecule has 0 bridgehead atoms. The number of rotatable bonds is 4.